The number of rotatable bonds is 2. The molecule has 5 nitrogen and oxygen atoms in total. The SMILES string of the molecule is O=C(O)c1ccc2c(c1)CCC1CN(C3CCOCC3)N=C21. The van der Waals surface area contributed by atoms with Crippen molar-refractivity contribution in [1.29, 1.82) is 0 Å². The first-order valence-electron chi connectivity index (χ1n) is 8.02. The molecule has 1 atom stereocenters. The van der Waals surface area contributed by atoms with Crippen LogP contribution in [0.2, 0.25) is 0 Å². The molecule has 22 heavy (non-hydrogen) atoms. The molecule has 1 saturated heterocycles. The predicted octanol–water partition coefficient (Wildman–Crippen LogP) is 2.15. The summed E-state index contributed by atoms with van der Waals surface area (Å²) in [5, 5.41) is 16.3. The molecule has 1 aromatic rings. The van der Waals surface area contributed by atoms with E-state index in [1.807, 2.05) is 12.1 Å². The summed E-state index contributed by atoms with van der Waals surface area (Å²) in [6.07, 6.45) is 4.11. The highest BCUT2D eigenvalue weighted by Crippen LogP contribution is 2.33. The standard InChI is InChI=1S/C17H20N2O3/c20-17(21)12-3-4-15-11(9-12)1-2-13-10-19(18-16(13)15)14-5-7-22-8-6-14/h3-4,9,13-14H,1-2,5-8,10H2,(H,20,21). The first-order valence-corrected chi connectivity index (χ1v) is 8.02. The van der Waals surface area contributed by atoms with E-state index in [0.717, 1.165) is 62.3 Å². The summed E-state index contributed by atoms with van der Waals surface area (Å²) in [6, 6.07) is 5.95. The van der Waals surface area contributed by atoms with Crippen LogP contribution in [0.4, 0.5) is 0 Å². The normalized spacial score (nSPS) is 24.6. The van der Waals surface area contributed by atoms with Gasteiger partial charge in [0, 0.05) is 31.2 Å². The summed E-state index contributed by atoms with van der Waals surface area (Å²) in [5.41, 5.74) is 3.81. The minimum absolute atomic E-state index is 0.372. The Morgan fingerprint density at radius 3 is 2.86 bits per heavy atom. The van der Waals surface area contributed by atoms with E-state index in [1.54, 1.807) is 6.07 Å². The van der Waals surface area contributed by atoms with Gasteiger partial charge in [-0.1, -0.05) is 6.07 Å². The molecule has 1 aromatic carbocycles. The second-order valence-corrected chi connectivity index (χ2v) is 6.36. The van der Waals surface area contributed by atoms with Crippen molar-refractivity contribution in [3.8, 4) is 0 Å². The number of carbonyl (C=O) groups is 1. The van der Waals surface area contributed by atoms with Crippen molar-refractivity contribution < 1.29 is 14.6 Å². The number of hydrogen-bond donors (Lipinski definition) is 1. The molecule has 0 spiro atoms. The molecule has 0 radical (unpaired) electrons. The average Bonchev–Trinajstić information content (AvgIpc) is 2.99. The largest absolute Gasteiger partial charge is 0.478 e. The quantitative estimate of drug-likeness (QED) is 0.909. The van der Waals surface area contributed by atoms with Crippen LogP contribution in [0, 0.1) is 5.92 Å². The number of aryl methyl sites for hydroxylation is 1. The Morgan fingerprint density at radius 2 is 2.09 bits per heavy atom. The molecular formula is C17H20N2O3. The lowest BCUT2D eigenvalue weighted by molar-refractivity contribution is 0.0365. The molecule has 1 N–H and O–H groups in total. The van der Waals surface area contributed by atoms with Crippen LogP contribution >= 0.6 is 0 Å². The summed E-state index contributed by atoms with van der Waals surface area (Å²) in [7, 11) is 0. The van der Waals surface area contributed by atoms with E-state index >= 15 is 0 Å². The average molecular weight is 300 g/mol. The number of carboxylic acids is 1. The third-order valence-electron chi connectivity index (χ3n) is 5.03. The molecule has 0 saturated carbocycles. The predicted molar refractivity (Wildman–Crippen MR) is 82.3 cm³/mol. The van der Waals surface area contributed by atoms with Gasteiger partial charge in [-0.3, -0.25) is 5.01 Å². The summed E-state index contributed by atoms with van der Waals surface area (Å²) >= 11 is 0. The summed E-state index contributed by atoms with van der Waals surface area (Å²) < 4.78 is 5.44. The Hall–Kier alpha value is -1.88. The van der Waals surface area contributed by atoms with Crippen molar-refractivity contribution in [2.45, 2.75) is 31.7 Å². The number of carboxylic acid groups (broad SMARTS) is 1. The van der Waals surface area contributed by atoms with Gasteiger partial charge in [0.15, 0.2) is 0 Å². The smallest absolute Gasteiger partial charge is 0.335 e. The molecule has 4 rings (SSSR count). The van der Waals surface area contributed by atoms with Crippen LogP contribution in [0.3, 0.4) is 0 Å². The fourth-order valence-corrected chi connectivity index (χ4v) is 3.80. The van der Waals surface area contributed by atoms with E-state index in [1.165, 1.54) is 0 Å². The molecule has 5 heteroatoms. The van der Waals surface area contributed by atoms with Crippen molar-refractivity contribution in [2.24, 2.45) is 11.0 Å². The maximum atomic E-state index is 11.1. The number of aromatic carboxylic acids is 1. The molecule has 2 heterocycles. The second-order valence-electron chi connectivity index (χ2n) is 6.36. The molecule has 0 bridgehead atoms. The van der Waals surface area contributed by atoms with Crippen molar-refractivity contribution in [2.75, 3.05) is 19.8 Å². The van der Waals surface area contributed by atoms with Gasteiger partial charge in [-0.15, -0.1) is 0 Å². The number of hydrazone groups is 1. The third kappa shape index (κ3) is 2.29. The Labute approximate surface area is 129 Å². The van der Waals surface area contributed by atoms with Crippen molar-refractivity contribution in [3.05, 3.63) is 34.9 Å². The molecule has 2 aliphatic heterocycles. The molecule has 1 unspecified atom stereocenters. The van der Waals surface area contributed by atoms with Crippen molar-refractivity contribution in [3.63, 3.8) is 0 Å². The van der Waals surface area contributed by atoms with Gasteiger partial charge in [0.05, 0.1) is 17.3 Å². The number of hydrogen-bond acceptors (Lipinski definition) is 4. The topological polar surface area (TPSA) is 62.1 Å². The zero-order valence-electron chi connectivity index (χ0n) is 12.5. The Morgan fingerprint density at radius 1 is 1.27 bits per heavy atom. The molecule has 3 aliphatic rings. The van der Waals surface area contributed by atoms with Crippen molar-refractivity contribution >= 4 is 11.7 Å². The maximum Gasteiger partial charge on any atom is 0.335 e. The van der Waals surface area contributed by atoms with Crippen LogP contribution in [0.15, 0.2) is 23.3 Å². The second kappa shape index (κ2) is 5.39. The third-order valence-corrected chi connectivity index (χ3v) is 5.03. The lowest BCUT2D eigenvalue weighted by Crippen LogP contribution is -2.36. The Kier molecular flexibility index (Phi) is 3.37. The van der Waals surface area contributed by atoms with E-state index in [-0.39, 0.29) is 0 Å². The van der Waals surface area contributed by atoms with Gasteiger partial charge in [-0.05, 0) is 43.4 Å². The van der Waals surface area contributed by atoms with Crippen LogP contribution in [-0.4, -0.2) is 47.6 Å². The fraction of sp³-hybridized carbons (Fsp3) is 0.529. The van der Waals surface area contributed by atoms with Gasteiger partial charge < -0.3 is 9.84 Å². The van der Waals surface area contributed by atoms with Gasteiger partial charge in [-0.2, -0.15) is 5.10 Å². The molecular weight excluding hydrogens is 280 g/mol. The van der Waals surface area contributed by atoms with E-state index in [9.17, 15) is 4.79 Å². The number of ether oxygens (including phenoxy) is 1. The lowest BCUT2D eigenvalue weighted by Gasteiger charge is -2.30. The minimum atomic E-state index is -0.859. The highest BCUT2D eigenvalue weighted by molar-refractivity contribution is 6.06. The zero-order valence-corrected chi connectivity index (χ0v) is 12.5. The van der Waals surface area contributed by atoms with Gasteiger partial charge in [0.1, 0.15) is 0 Å². The lowest BCUT2D eigenvalue weighted by atomic mass is 9.82. The molecule has 1 aliphatic carbocycles. The fourth-order valence-electron chi connectivity index (χ4n) is 3.80. The van der Waals surface area contributed by atoms with E-state index in [4.69, 9.17) is 14.9 Å². The number of nitrogens with zero attached hydrogens (tertiary/aromatic N) is 2. The molecule has 0 amide bonds. The highest BCUT2D eigenvalue weighted by Gasteiger charge is 2.35. The van der Waals surface area contributed by atoms with Crippen LogP contribution in [0.25, 0.3) is 0 Å². The van der Waals surface area contributed by atoms with E-state index in [2.05, 4.69) is 5.01 Å². The maximum absolute atomic E-state index is 11.1. The minimum Gasteiger partial charge on any atom is -0.478 e. The van der Waals surface area contributed by atoms with E-state index in [0.29, 0.717) is 17.5 Å². The summed E-state index contributed by atoms with van der Waals surface area (Å²) in [6.45, 7) is 2.66. The molecule has 116 valence electrons. The summed E-state index contributed by atoms with van der Waals surface area (Å²) in [5.74, 6) is -0.367. The Balaban J connectivity index is 1.63. The zero-order chi connectivity index (χ0) is 15.1. The monoisotopic (exact) mass is 300 g/mol. The highest BCUT2D eigenvalue weighted by atomic mass is 16.5. The number of benzene rings is 1. The van der Waals surface area contributed by atoms with Gasteiger partial charge in [-0.25, -0.2) is 4.79 Å². The Bertz CT molecular complexity index is 635. The number of fused-ring (bicyclic) bond motifs is 3. The van der Waals surface area contributed by atoms with Gasteiger partial charge in [0.25, 0.3) is 0 Å². The van der Waals surface area contributed by atoms with Crippen LogP contribution < -0.4 is 0 Å². The van der Waals surface area contributed by atoms with Gasteiger partial charge in [0.2, 0.25) is 0 Å². The summed E-state index contributed by atoms with van der Waals surface area (Å²) in [4.78, 5) is 11.1. The molecule has 0 aromatic heterocycles. The van der Waals surface area contributed by atoms with Crippen LogP contribution in [0.5, 0.6) is 0 Å². The van der Waals surface area contributed by atoms with Crippen LogP contribution in [0.1, 0.15) is 40.7 Å². The van der Waals surface area contributed by atoms with Crippen LogP contribution in [-0.2, 0) is 11.2 Å². The first-order chi connectivity index (χ1) is 10.7. The first kappa shape index (κ1) is 13.8. The molecule has 1 fully saturated rings. The van der Waals surface area contributed by atoms with Crippen molar-refractivity contribution in [1.82, 2.24) is 5.01 Å². The van der Waals surface area contributed by atoms with E-state index < -0.39 is 5.97 Å². The van der Waals surface area contributed by atoms with Gasteiger partial charge >= 0.3 is 5.97 Å².